The standard InChI is InChI=1S/C21H36N7O15P3S/c1-21(2,17(30)20(31)24-4-3-14(29)23-5-6-47)9-40-46(37,38)43-45(35,36)39-8-13-12(42-44(32,33)34)7-15(41-13)28-11-27-16-18(22)25-10-26-19(16)28/h10-13,15,17,30,47H,3-9H2,1-2H3,(H,23,29)(H,24,31)(H,35,36)(H,37,38)(H2,22,25,26)(H2,32,33,34)/t12-,13+,15+,17-/m0/s1. The van der Waals surface area contributed by atoms with E-state index in [0.29, 0.717) is 12.3 Å². The van der Waals surface area contributed by atoms with E-state index in [0.717, 1.165) is 6.33 Å². The predicted octanol–water partition coefficient (Wildman–Crippen LogP) is -0.636. The van der Waals surface area contributed by atoms with Crippen LogP contribution in [0.1, 0.15) is 32.9 Å². The molecule has 266 valence electrons. The number of nitrogens with one attached hydrogen (secondary N) is 2. The number of carbonyl (C=O) groups excluding carboxylic acids is 2. The van der Waals surface area contributed by atoms with Crippen molar-refractivity contribution in [2.24, 2.45) is 5.41 Å². The van der Waals surface area contributed by atoms with E-state index in [2.05, 4.69) is 42.5 Å². The zero-order valence-electron chi connectivity index (χ0n) is 24.9. The lowest BCUT2D eigenvalue weighted by molar-refractivity contribution is -0.137. The van der Waals surface area contributed by atoms with Gasteiger partial charge in [0.25, 0.3) is 0 Å². The largest absolute Gasteiger partial charge is 0.481 e. The Labute approximate surface area is 272 Å². The molecular formula is C21H36N7O15P3S. The number of imidazole rings is 1. The lowest BCUT2D eigenvalue weighted by atomic mass is 9.87. The molecule has 3 heterocycles. The summed E-state index contributed by atoms with van der Waals surface area (Å²) in [6.45, 7) is 1.00. The van der Waals surface area contributed by atoms with Gasteiger partial charge in [0.2, 0.25) is 11.8 Å². The first-order valence-corrected chi connectivity index (χ1v) is 18.7. The molecule has 0 aliphatic carbocycles. The Morgan fingerprint density at radius 3 is 2.47 bits per heavy atom. The molecule has 0 aromatic carbocycles. The molecule has 1 saturated heterocycles. The van der Waals surface area contributed by atoms with Crippen LogP contribution in [0, 0.1) is 5.41 Å². The number of nitrogen functional groups attached to an aromatic ring is 1. The van der Waals surface area contributed by atoms with Gasteiger partial charge in [-0.2, -0.15) is 16.9 Å². The average molecular weight is 752 g/mol. The summed E-state index contributed by atoms with van der Waals surface area (Å²) in [4.78, 5) is 74.8. The Bertz CT molecular complexity index is 1560. The second-order valence-corrected chi connectivity index (χ2v) is 15.4. The number of nitrogens with two attached hydrogens (primary N) is 1. The Kier molecular flexibility index (Phi) is 13.5. The molecular weight excluding hydrogens is 715 g/mol. The quantitative estimate of drug-likeness (QED) is 0.0676. The fourth-order valence-corrected chi connectivity index (χ4v) is 7.03. The molecule has 0 bridgehead atoms. The van der Waals surface area contributed by atoms with E-state index in [1.165, 1.54) is 24.7 Å². The fraction of sp³-hybridized carbons (Fsp3) is 0.667. The van der Waals surface area contributed by atoms with Gasteiger partial charge in [0.05, 0.1) is 19.5 Å². The highest BCUT2D eigenvalue weighted by Crippen LogP contribution is 2.61. The average Bonchev–Trinajstić information content (AvgIpc) is 3.57. The van der Waals surface area contributed by atoms with Crippen molar-refractivity contribution in [2.45, 2.75) is 51.2 Å². The monoisotopic (exact) mass is 751 g/mol. The Morgan fingerprint density at radius 1 is 1.13 bits per heavy atom. The zero-order valence-corrected chi connectivity index (χ0v) is 28.5. The minimum Gasteiger partial charge on any atom is -0.383 e. The number of phosphoric ester groups is 3. The molecule has 1 fully saturated rings. The zero-order chi connectivity index (χ0) is 35.2. The normalized spacial score (nSPS) is 22.0. The van der Waals surface area contributed by atoms with Crippen LogP contribution in [0.5, 0.6) is 0 Å². The minimum absolute atomic E-state index is 0.0475. The Hall–Kier alpha value is -2.07. The highest BCUT2D eigenvalue weighted by molar-refractivity contribution is 7.80. The van der Waals surface area contributed by atoms with E-state index >= 15 is 0 Å². The molecule has 0 saturated carbocycles. The van der Waals surface area contributed by atoms with Gasteiger partial charge in [0, 0.05) is 37.1 Å². The molecule has 1 aliphatic heterocycles. The topological polar surface area (TPSA) is 326 Å². The molecule has 2 unspecified atom stereocenters. The van der Waals surface area contributed by atoms with Crippen molar-refractivity contribution in [1.82, 2.24) is 30.2 Å². The van der Waals surface area contributed by atoms with Crippen molar-refractivity contribution < 1.29 is 70.6 Å². The van der Waals surface area contributed by atoms with Gasteiger partial charge in [-0.15, -0.1) is 0 Å². The van der Waals surface area contributed by atoms with E-state index in [1.54, 1.807) is 0 Å². The number of aliphatic hydroxyl groups excluding tert-OH is 1. The first-order valence-electron chi connectivity index (χ1n) is 13.6. The van der Waals surface area contributed by atoms with Crippen molar-refractivity contribution in [1.29, 1.82) is 0 Å². The predicted molar refractivity (Wildman–Crippen MR) is 162 cm³/mol. The molecule has 0 spiro atoms. The van der Waals surface area contributed by atoms with Gasteiger partial charge in [-0.25, -0.2) is 28.6 Å². The third kappa shape index (κ3) is 11.8. The second-order valence-electron chi connectivity index (χ2n) is 10.7. The molecule has 47 heavy (non-hydrogen) atoms. The molecule has 3 rings (SSSR count). The number of fused-ring (bicyclic) bond motifs is 1. The van der Waals surface area contributed by atoms with E-state index in [9.17, 15) is 48.0 Å². The Morgan fingerprint density at radius 2 is 1.81 bits per heavy atom. The summed E-state index contributed by atoms with van der Waals surface area (Å²) in [6, 6.07) is 0. The number of hydrogen-bond donors (Lipinski definition) is 9. The molecule has 26 heteroatoms. The third-order valence-corrected chi connectivity index (χ3v) is 9.78. The molecule has 9 N–H and O–H groups in total. The molecule has 6 atom stereocenters. The van der Waals surface area contributed by atoms with Crippen LogP contribution >= 0.6 is 36.1 Å². The van der Waals surface area contributed by atoms with Gasteiger partial charge in [-0.05, 0) is 0 Å². The number of amides is 2. The van der Waals surface area contributed by atoms with Crippen LogP contribution in [0.4, 0.5) is 5.82 Å². The number of aliphatic hydroxyl groups is 1. The summed E-state index contributed by atoms with van der Waals surface area (Å²) >= 11 is 3.95. The highest BCUT2D eigenvalue weighted by atomic mass is 32.1. The fourth-order valence-electron chi connectivity index (χ4n) is 4.10. The van der Waals surface area contributed by atoms with Crippen molar-refractivity contribution >= 4 is 64.9 Å². The molecule has 0 radical (unpaired) electrons. The first-order chi connectivity index (χ1) is 21.7. The lowest BCUT2D eigenvalue weighted by Crippen LogP contribution is -2.46. The lowest BCUT2D eigenvalue weighted by Gasteiger charge is -2.30. The Balaban J connectivity index is 1.57. The number of carbonyl (C=O) groups is 2. The molecule has 2 amide bonds. The number of thiol groups is 1. The number of aromatic nitrogens is 4. The maximum absolute atomic E-state index is 12.6. The second kappa shape index (κ2) is 16.1. The number of phosphoric acid groups is 3. The van der Waals surface area contributed by atoms with Crippen LogP contribution in [-0.2, 0) is 45.9 Å². The summed E-state index contributed by atoms with van der Waals surface area (Å²) in [6.07, 6.45) is -3.61. The molecule has 2 aromatic rings. The molecule has 2 aromatic heterocycles. The van der Waals surface area contributed by atoms with Gasteiger partial charge in [-0.1, -0.05) is 13.8 Å². The summed E-state index contributed by atoms with van der Waals surface area (Å²) < 4.78 is 62.3. The minimum atomic E-state index is -5.44. The van der Waals surface area contributed by atoms with Gasteiger partial charge < -0.3 is 45.8 Å². The van der Waals surface area contributed by atoms with E-state index in [1.807, 2.05) is 0 Å². The van der Waals surface area contributed by atoms with Gasteiger partial charge in [0.15, 0.2) is 11.5 Å². The van der Waals surface area contributed by atoms with Gasteiger partial charge in [-0.3, -0.25) is 27.7 Å². The number of ether oxygens (including phenoxy) is 1. The summed E-state index contributed by atoms with van der Waals surface area (Å²) in [5.41, 5.74) is 4.63. The van der Waals surface area contributed by atoms with Crippen LogP contribution in [0.3, 0.4) is 0 Å². The smallest absolute Gasteiger partial charge is 0.383 e. The van der Waals surface area contributed by atoms with Crippen molar-refractivity contribution in [3.63, 3.8) is 0 Å². The van der Waals surface area contributed by atoms with E-state index < -0.39 is 72.5 Å². The number of rotatable bonds is 18. The number of anilines is 1. The third-order valence-electron chi connectivity index (χ3n) is 6.43. The van der Waals surface area contributed by atoms with Crippen LogP contribution in [0.25, 0.3) is 11.2 Å². The van der Waals surface area contributed by atoms with Crippen molar-refractivity contribution in [3.05, 3.63) is 12.7 Å². The maximum atomic E-state index is 12.6. The van der Waals surface area contributed by atoms with Crippen molar-refractivity contribution in [2.75, 3.05) is 37.8 Å². The van der Waals surface area contributed by atoms with E-state index in [4.69, 9.17) is 24.0 Å². The van der Waals surface area contributed by atoms with Crippen LogP contribution in [-0.4, -0.2) is 106 Å². The van der Waals surface area contributed by atoms with Crippen LogP contribution < -0.4 is 16.4 Å². The van der Waals surface area contributed by atoms with Crippen LogP contribution in [0.2, 0.25) is 0 Å². The van der Waals surface area contributed by atoms with E-state index in [-0.39, 0.29) is 42.3 Å². The summed E-state index contributed by atoms with van der Waals surface area (Å²) in [7, 11) is -15.9. The molecule has 22 nitrogen and oxygen atoms in total. The maximum Gasteiger partial charge on any atom is 0.481 e. The molecule has 1 aliphatic rings. The summed E-state index contributed by atoms with van der Waals surface area (Å²) in [5.74, 6) is -0.816. The van der Waals surface area contributed by atoms with Crippen LogP contribution in [0.15, 0.2) is 12.7 Å². The van der Waals surface area contributed by atoms with Gasteiger partial charge >= 0.3 is 23.5 Å². The first kappa shape index (κ1) is 39.4. The highest BCUT2D eigenvalue weighted by Gasteiger charge is 2.45. The SMILES string of the molecule is CC(C)(COP(=O)(O)OP(=O)(O)OC[C@H]1O[C@@H](n2cnc3c(N)ncnc32)C[C@@H]1OP(=O)(O)O)[C@@H](O)C(=O)NCCC(=O)NCCS. The number of hydrogen-bond acceptors (Lipinski definition) is 16. The van der Waals surface area contributed by atoms with Crippen molar-refractivity contribution in [3.8, 4) is 0 Å². The van der Waals surface area contributed by atoms with Gasteiger partial charge in [0.1, 0.15) is 36.4 Å². The number of nitrogens with zero attached hydrogens (tertiary/aromatic N) is 4. The summed E-state index contributed by atoms with van der Waals surface area (Å²) in [5, 5.41) is 15.3.